The summed E-state index contributed by atoms with van der Waals surface area (Å²) in [6.07, 6.45) is 1.87. The quantitative estimate of drug-likeness (QED) is 0.659. The van der Waals surface area contributed by atoms with E-state index in [9.17, 15) is 0 Å². The minimum atomic E-state index is 0.0161. The van der Waals surface area contributed by atoms with E-state index in [-0.39, 0.29) is 6.04 Å². The van der Waals surface area contributed by atoms with Gasteiger partial charge in [0, 0.05) is 4.88 Å². The molecule has 3 rings (SSSR count). The molecule has 84 valence electrons. The first-order valence-corrected chi connectivity index (χ1v) is 6.24. The van der Waals surface area contributed by atoms with Crippen LogP contribution < -0.4 is 0 Å². The van der Waals surface area contributed by atoms with Gasteiger partial charge in [0.15, 0.2) is 0 Å². The Labute approximate surface area is 103 Å². The Morgan fingerprint density at radius 3 is 2.35 bits per heavy atom. The number of fused-ring (bicyclic) bond motifs is 1. The summed E-state index contributed by atoms with van der Waals surface area (Å²) in [5.74, 6) is 0. The number of aromatic nitrogens is 3. The van der Waals surface area contributed by atoms with E-state index in [0.29, 0.717) is 0 Å². The molecule has 4 heteroatoms. The molecule has 1 unspecified atom stereocenters. The number of hydrogen-bond donors (Lipinski definition) is 0. The van der Waals surface area contributed by atoms with Crippen molar-refractivity contribution in [3.8, 4) is 0 Å². The van der Waals surface area contributed by atoms with Crippen LogP contribution in [0.2, 0.25) is 0 Å². The zero-order valence-electron chi connectivity index (χ0n) is 9.15. The third kappa shape index (κ3) is 1.76. The van der Waals surface area contributed by atoms with Gasteiger partial charge in [0.25, 0.3) is 0 Å². The first-order chi connectivity index (χ1) is 8.38. The van der Waals surface area contributed by atoms with Gasteiger partial charge in [-0.15, -0.1) is 17.9 Å². The number of rotatable bonds is 3. The van der Waals surface area contributed by atoms with Gasteiger partial charge in [0.1, 0.15) is 17.1 Å². The minimum absolute atomic E-state index is 0.0161. The van der Waals surface area contributed by atoms with Gasteiger partial charge in [-0.05, 0) is 23.6 Å². The second-order valence-electron chi connectivity index (χ2n) is 3.71. The molecule has 0 aliphatic rings. The van der Waals surface area contributed by atoms with Crippen molar-refractivity contribution >= 4 is 22.4 Å². The van der Waals surface area contributed by atoms with Gasteiger partial charge in [-0.3, -0.25) is 0 Å². The van der Waals surface area contributed by atoms with Crippen LogP contribution in [0.4, 0.5) is 0 Å². The van der Waals surface area contributed by atoms with Crippen molar-refractivity contribution in [1.29, 1.82) is 0 Å². The summed E-state index contributed by atoms with van der Waals surface area (Å²) in [5, 5.41) is 11.0. The summed E-state index contributed by atoms with van der Waals surface area (Å²) in [4.78, 5) is 2.92. The average Bonchev–Trinajstić information content (AvgIpc) is 2.98. The molecule has 2 heterocycles. The predicted molar refractivity (Wildman–Crippen MR) is 70.2 cm³/mol. The summed E-state index contributed by atoms with van der Waals surface area (Å²) in [7, 11) is 0. The van der Waals surface area contributed by atoms with Crippen LogP contribution in [-0.2, 0) is 0 Å². The molecule has 0 spiro atoms. The number of benzene rings is 1. The van der Waals surface area contributed by atoms with Crippen molar-refractivity contribution < 1.29 is 0 Å². The maximum atomic E-state index is 4.48. The summed E-state index contributed by atoms with van der Waals surface area (Å²) in [6.45, 7) is 3.87. The summed E-state index contributed by atoms with van der Waals surface area (Å²) in [6, 6.07) is 12.0. The molecule has 2 aromatic heterocycles. The van der Waals surface area contributed by atoms with Gasteiger partial charge in [0.2, 0.25) is 0 Å². The molecule has 1 aromatic carbocycles. The third-order valence-corrected chi connectivity index (χ3v) is 3.55. The molecule has 3 aromatic rings. The minimum Gasteiger partial charge on any atom is -0.171 e. The van der Waals surface area contributed by atoms with Crippen molar-refractivity contribution in [3.63, 3.8) is 0 Å². The van der Waals surface area contributed by atoms with E-state index < -0.39 is 0 Å². The Hall–Kier alpha value is -1.94. The van der Waals surface area contributed by atoms with Crippen LogP contribution in [0.15, 0.2) is 54.4 Å². The van der Waals surface area contributed by atoms with E-state index in [0.717, 1.165) is 11.0 Å². The Balaban J connectivity index is 2.10. The second kappa shape index (κ2) is 4.14. The molecular formula is C13H11N3S. The molecule has 0 bridgehead atoms. The molecule has 3 nitrogen and oxygen atoms in total. The first-order valence-electron chi connectivity index (χ1n) is 5.36. The molecular weight excluding hydrogens is 230 g/mol. The molecule has 0 saturated carbocycles. The van der Waals surface area contributed by atoms with E-state index in [4.69, 9.17) is 0 Å². The standard InChI is InChI=1S/C13H11N3S/c1-2-12(13-8-5-9-17-13)16-14-10-6-3-4-7-11(10)15-16/h2-9,12H,1H2. The van der Waals surface area contributed by atoms with Crippen LogP contribution in [-0.4, -0.2) is 15.0 Å². The fourth-order valence-corrected chi connectivity index (χ4v) is 2.59. The molecule has 0 aliphatic carbocycles. The molecule has 0 N–H and O–H groups in total. The molecule has 0 amide bonds. The SMILES string of the molecule is C=CC(c1cccs1)n1nc2ccccc2n1. The van der Waals surface area contributed by atoms with Crippen molar-refractivity contribution in [2.24, 2.45) is 0 Å². The number of allylic oxidation sites excluding steroid dienone is 1. The largest absolute Gasteiger partial charge is 0.171 e. The first kappa shape index (κ1) is 10.2. The maximum absolute atomic E-state index is 4.48. The predicted octanol–water partition coefficient (Wildman–Crippen LogP) is 3.27. The molecule has 17 heavy (non-hydrogen) atoms. The Kier molecular flexibility index (Phi) is 2.49. The lowest BCUT2D eigenvalue weighted by Gasteiger charge is -2.08. The van der Waals surface area contributed by atoms with Crippen molar-refractivity contribution in [3.05, 3.63) is 59.3 Å². The number of thiophene rings is 1. The smallest absolute Gasteiger partial charge is 0.124 e. The van der Waals surface area contributed by atoms with Gasteiger partial charge in [-0.1, -0.05) is 24.3 Å². The average molecular weight is 241 g/mol. The van der Waals surface area contributed by atoms with Gasteiger partial charge < -0.3 is 0 Å². The van der Waals surface area contributed by atoms with Gasteiger partial charge in [0.05, 0.1) is 0 Å². The Bertz CT molecular complexity index is 607. The summed E-state index contributed by atoms with van der Waals surface area (Å²) < 4.78 is 0. The topological polar surface area (TPSA) is 30.7 Å². The number of nitrogens with zero attached hydrogens (tertiary/aromatic N) is 3. The molecule has 0 fully saturated rings. The van der Waals surface area contributed by atoms with Crippen LogP contribution in [0.5, 0.6) is 0 Å². The lowest BCUT2D eigenvalue weighted by molar-refractivity contribution is 0.545. The fourth-order valence-electron chi connectivity index (χ4n) is 1.78. The second-order valence-corrected chi connectivity index (χ2v) is 4.68. The normalized spacial score (nSPS) is 12.7. The highest BCUT2D eigenvalue weighted by Crippen LogP contribution is 2.23. The monoisotopic (exact) mass is 241 g/mol. The van der Waals surface area contributed by atoms with Gasteiger partial charge in [-0.2, -0.15) is 15.0 Å². The highest BCUT2D eigenvalue weighted by Gasteiger charge is 2.13. The zero-order valence-corrected chi connectivity index (χ0v) is 9.97. The highest BCUT2D eigenvalue weighted by molar-refractivity contribution is 7.10. The Morgan fingerprint density at radius 2 is 1.82 bits per heavy atom. The van der Waals surface area contributed by atoms with Crippen LogP contribution in [0.25, 0.3) is 11.0 Å². The lowest BCUT2D eigenvalue weighted by atomic mass is 10.2. The molecule has 0 aliphatic heterocycles. The molecule has 0 saturated heterocycles. The van der Waals surface area contributed by atoms with E-state index in [1.807, 2.05) is 36.4 Å². The zero-order chi connectivity index (χ0) is 11.7. The van der Waals surface area contributed by atoms with Crippen molar-refractivity contribution in [1.82, 2.24) is 15.0 Å². The third-order valence-electron chi connectivity index (χ3n) is 2.61. The van der Waals surface area contributed by atoms with Gasteiger partial charge >= 0.3 is 0 Å². The van der Waals surface area contributed by atoms with E-state index >= 15 is 0 Å². The van der Waals surface area contributed by atoms with Crippen LogP contribution in [0.3, 0.4) is 0 Å². The molecule has 0 radical (unpaired) electrons. The summed E-state index contributed by atoms with van der Waals surface area (Å²) >= 11 is 1.69. The summed E-state index contributed by atoms with van der Waals surface area (Å²) in [5.41, 5.74) is 1.83. The Morgan fingerprint density at radius 1 is 1.12 bits per heavy atom. The van der Waals surface area contributed by atoms with Crippen LogP contribution in [0.1, 0.15) is 10.9 Å². The number of hydrogen-bond acceptors (Lipinski definition) is 3. The van der Waals surface area contributed by atoms with Crippen LogP contribution >= 0.6 is 11.3 Å². The molecule has 1 atom stereocenters. The van der Waals surface area contributed by atoms with E-state index in [1.165, 1.54) is 4.88 Å². The van der Waals surface area contributed by atoms with Crippen LogP contribution in [0, 0.1) is 0 Å². The van der Waals surface area contributed by atoms with Crippen molar-refractivity contribution in [2.75, 3.05) is 0 Å². The van der Waals surface area contributed by atoms with Gasteiger partial charge in [-0.25, -0.2) is 0 Å². The van der Waals surface area contributed by atoms with E-state index in [1.54, 1.807) is 16.1 Å². The van der Waals surface area contributed by atoms with E-state index in [2.05, 4.69) is 28.2 Å². The lowest BCUT2D eigenvalue weighted by Crippen LogP contribution is -2.09. The highest BCUT2D eigenvalue weighted by atomic mass is 32.1. The maximum Gasteiger partial charge on any atom is 0.124 e. The van der Waals surface area contributed by atoms with Crippen molar-refractivity contribution in [2.45, 2.75) is 6.04 Å². The fraction of sp³-hybridized carbons (Fsp3) is 0.0769.